The van der Waals surface area contributed by atoms with Gasteiger partial charge in [0, 0.05) is 6.54 Å². The van der Waals surface area contributed by atoms with Gasteiger partial charge < -0.3 is 15.8 Å². The highest BCUT2D eigenvalue weighted by Crippen LogP contribution is 2.24. The molecule has 0 fully saturated rings. The fourth-order valence-electron chi connectivity index (χ4n) is 1.43. The Hall–Kier alpha value is -1.26. The maximum Gasteiger partial charge on any atom is 0.237 e. The number of amides is 1. The minimum atomic E-state index is -0.487. The van der Waals surface area contributed by atoms with Crippen LogP contribution in [0, 0.1) is 5.92 Å². The second kappa shape index (κ2) is 6.61. The summed E-state index contributed by atoms with van der Waals surface area (Å²) >= 11 is 6.00. The van der Waals surface area contributed by atoms with Crippen molar-refractivity contribution >= 4 is 17.5 Å². The molecular weight excluding hydrogens is 252 g/mol. The standard InChI is InChI=1S/C13H19ClN2O2/c1-8(2)12(15)13(17)16-7-9-4-5-11(18-3)10(14)6-9/h4-6,8,12H,7,15H2,1-3H3,(H,16,17)/t12-/m0/s1. The topological polar surface area (TPSA) is 64.3 Å². The van der Waals surface area contributed by atoms with E-state index in [1.807, 2.05) is 19.9 Å². The molecule has 1 aromatic carbocycles. The van der Waals surface area contributed by atoms with Gasteiger partial charge in [-0.25, -0.2) is 0 Å². The Morgan fingerprint density at radius 2 is 2.17 bits per heavy atom. The Bertz CT molecular complexity index is 421. The third kappa shape index (κ3) is 3.89. The lowest BCUT2D eigenvalue weighted by atomic mass is 10.0. The molecule has 0 aliphatic carbocycles. The third-order valence-electron chi connectivity index (χ3n) is 2.70. The number of methoxy groups -OCH3 is 1. The van der Waals surface area contributed by atoms with Crippen LogP contribution in [-0.2, 0) is 11.3 Å². The highest BCUT2D eigenvalue weighted by Gasteiger charge is 2.16. The predicted molar refractivity (Wildman–Crippen MR) is 72.7 cm³/mol. The number of carbonyl (C=O) groups is 1. The van der Waals surface area contributed by atoms with Gasteiger partial charge in [0.15, 0.2) is 0 Å². The Labute approximate surface area is 112 Å². The number of benzene rings is 1. The van der Waals surface area contributed by atoms with Gasteiger partial charge in [-0.3, -0.25) is 4.79 Å². The first kappa shape index (κ1) is 14.8. The van der Waals surface area contributed by atoms with Gasteiger partial charge >= 0.3 is 0 Å². The van der Waals surface area contributed by atoms with Crippen LogP contribution in [0.1, 0.15) is 19.4 Å². The van der Waals surface area contributed by atoms with Gasteiger partial charge in [-0.05, 0) is 23.6 Å². The maximum absolute atomic E-state index is 11.7. The number of rotatable bonds is 5. The first-order valence-corrected chi connectivity index (χ1v) is 6.19. The highest BCUT2D eigenvalue weighted by atomic mass is 35.5. The molecule has 1 atom stereocenters. The predicted octanol–water partition coefficient (Wildman–Crippen LogP) is 1.95. The molecule has 0 aliphatic heterocycles. The van der Waals surface area contributed by atoms with Crippen LogP contribution >= 0.6 is 11.6 Å². The van der Waals surface area contributed by atoms with Crippen LogP contribution < -0.4 is 15.8 Å². The molecule has 3 N–H and O–H groups in total. The Morgan fingerprint density at radius 1 is 1.50 bits per heavy atom. The smallest absolute Gasteiger partial charge is 0.237 e. The van der Waals surface area contributed by atoms with E-state index in [0.717, 1.165) is 5.56 Å². The molecule has 0 bridgehead atoms. The molecule has 1 aromatic rings. The number of ether oxygens (including phenoxy) is 1. The van der Waals surface area contributed by atoms with E-state index in [0.29, 0.717) is 17.3 Å². The summed E-state index contributed by atoms with van der Waals surface area (Å²) in [4.78, 5) is 11.7. The van der Waals surface area contributed by atoms with E-state index in [2.05, 4.69) is 5.32 Å². The molecule has 18 heavy (non-hydrogen) atoms. The lowest BCUT2D eigenvalue weighted by Crippen LogP contribution is -2.43. The number of hydrogen-bond acceptors (Lipinski definition) is 3. The lowest BCUT2D eigenvalue weighted by Gasteiger charge is -2.15. The summed E-state index contributed by atoms with van der Waals surface area (Å²) in [7, 11) is 1.56. The SMILES string of the molecule is COc1ccc(CNC(=O)[C@@H](N)C(C)C)cc1Cl. The molecule has 0 heterocycles. The number of carbonyl (C=O) groups excluding carboxylic acids is 1. The van der Waals surface area contributed by atoms with E-state index >= 15 is 0 Å². The average molecular weight is 271 g/mol. The molecule has 100 valence electrons. The summed E-state index contributed by atoms with van der Waals surface area (Å²) in [6.07, 6.45) is 0. The van der Waals surface area contributed by atoms with Crippen molar-refractivity contribution in [3.63, 3.8) is 0 Å². The van der Waals surface area contributed by atoms with E-state index in [1.165, 1.54) is 0 Å². The van der Waals surface area contributed by atoms with Gasteiger partial charge in [-0.2, -0.15) is 0 Å². The zero-order valence-electron chi connectivity index (χ0n) is 10.9. The van der Waals surface area contributed by atoms with Crippen LogP contribution in [0.4, 0.5) is 0 Å². The minimum Gasteiger partial charge on any atom is -0.495 e. The Balaban J connectivity index is 2.59. The quantitative estimate of drug-likeness (QED) is 0.860. The van der Waals surface area contributed by atoms with Gasteiger partial charge in [-0.1, -0.05) is 31.5 Å². The Kier molecular flexibility index (Phi) is 5.44. The maximum atomic E-state index is 11.7. The zero-order chi connectivity index (χ0) is 13.7. The van der Waals surface area contributed by atoms with Crippen LogP contribution in [-0.4, -0.2) is 19.1 Å². The molecule has 0 unspecified atom stereocenters. The van der Waals surface area contributed by atoms with E-state index in [9.17, 15) is 4.79 Å². The van der Waals surface area contributed by atoms with Crippen molar-refractivity contribution in [2.24, 2.45) is 11.7 Å². The summed E-state index contributed by atoms with van der Waals surface area (Å²) in [6.45, 7) is 4.23. The van der Waals surface area contributed by atoms with Crippen molar-refractivity contribution in [1.82, 2.24) is 5.32 Å². The van der Waals surface area contributed by atoms with Crippen LogP contribution in [0.25, 0.3) is 0 Å². The minimum absolute atomic E-state index is 0.115. The monoisotopic (exact) mass is 270 g/mol. The van der Waals surface area contributed by atoms with Gasteiger partial charge in [-0.15, -0.1) is 0 Å². The van der Waals surface area contributed by atoms with Crippen molar-refractivity contribution in [2.45, 2.75) is 26.4 Å². The Morgan fingerprint density at radius 3 is 2.67 bits per heavy atom. The van der Waals surface area contributed by atoms with E-state index < -0.39 is 6.04 Å². The van der Waals surface area contributed by atoms with Crippen LogP contribution in [0.2, 0.25) is 5.02 Å². The van der Waals surface area contributed by atoms with Crippen molar-refractivity contribution < 1.29 is 9.53 Å². The summed E-state index contributed by atoms with van der Waals surface area (Å²) in [5.74, 6) is 0.576. The summed E-state index contributed by atoms with van der Waals surface area (Å²) in [5, 5.41) is 3.31. The fraction of sp³-hybridized carbons (Fsp3) is 0.462. The van der Waals surface area contributed by atoms with Gasteiger partial charge in [0.2, 0.25) is 5.91 Å². The molecule has 1 amide bonds. The normalized spacial score (nSPS) is 12.3. The molecular formula is C13H19ClN2O2. The van der Waals surface area contributed by atoms with Crippen molar-refractivity contribution in [3.8, 4) is 5.75 Å². The van der Waals surface area contributed by atoms with Crippen LogP contribution in [0.3, 0.4) is 0 Å². The molecule has 0 spiro atoms. The van der Waals surface area contributed by atoms with Crippen molar-refractivity contribution in [2.75, 3.05) is 7.11 Å². The van der Waals surface area contributed by atoms with E-state index in [4.69, 9.17) is 22.1 Å². The molecule has 5 heteroatoms. The molecule has 0 saturated heterocycles. The summed E-state index contributed by atoms with van der Waals surface area (Å²) in [6, 6.07) is 4.90. The summed E-state index contributed by atoms with van der Waals surface area (Å²) in [5.41, 5.74) is 6.65. The van der Waals surface area contributed by atoms with Gasteiger partial charge in [0.1, 0.15) is 5.75 Å². The fourth-order valence-corrected chi connectivity index (χ4v) is 1.71. The highest BCUT2D eigenvalue weighted by molar-refractivity contribution is 6.32. The number of nitrogens with two attached hydrogens (primary N) is 1. The molecule has 0 saturated carbocycles. The lowest BCUT2D eigenvalue weighted by molar-refractivity contribution is -0.123. The van der Waals surface area contributed by atoms with E-state index in [-0.39, 0.29) is 11.8 Å². The molecule has 0 radical (unpaired) electrons. The number of nitrogens with one attached hydrogen (secondary N) is 1. The van der Waals surface area contributed by atoms with Gasteiger partial charge in [0.05, 0.1) is 18.2 Å². The molecule has 0 aromatic heterocycles. The number of halogens is 1. The summed E-state index contributed by atoms with van der Waals surface area (Å²) < 4.78 is 5.06. The van der Waals surface area contributed by atoms with Crippen LogP contribution in [0.15, 0.2) is 18.2 Å². The zero-order valence-corrected chi connectivity index (χ0v) is 11.6. The van der Waals surface area contributed by atoms with Gasteiger partial charge in [0.25, 0.3) is 0 Å². The largest absolute Gasteiger partial charge is 0.495 e. The molecule has 4 nitrogen and oxygen atoms in total. The number of hydrogen-bond donors (Lipinski definition) is 2. The first-order chi connectivity index (χ1) is 8.45. The second-order valence-corrected chi connectivity index (χ2v) is 4.86. The third-order valence-corrected chi connectivity index (χ3v) is 3.00. The van der Waals surface area contributed by atoms with Crippen molar-refractivity contribution in [1.29, 1.82) is 0 Å². The van der Waals surface area contributed by atoms with Crippen molar-refractivity contribution in [3.05, 3.63) is 28.8 Å². The van der Waals surface area contributed by atoms with Crippen LogP contribution in [0.5, 0.6) is 5.75 Å². The molecule has 1 rings (SSSR count). The second-order valence-electron chi connectivity index (χ2n) is 4.46. The first-order valence-electron chi connectivity index (χ1n) is 5.81. The average Bonchev–Trinajstić information content (AvgIpc) is 2.35. The molecule has 0 aliphatic rings. The van der Waals surface area contributed by atoms with E-state index in [1.54, 1.807) is 19.2 Å².